The largest absolute Gasteiger partial charge is 0.458 e. The Morgan fingerprint density at radius 3 is 2.38 bits per heavy atom. The molecule has 3 atom stereocenters. The lowest BCUT2D eigenvalue weighted by Gasteiger charge is -2.38. The Balaban J connectivity index is 2.58. The zero-order chi connectivity index (χ0) is 24.0. The monoisotopic (exact) mass is 462 g/mol. The lowest BCUT2D eigenvalue weighted by atomic mass is 9.83. The van der Waals surface area contributed by atoms with Crippen molar-refractivity contribution in [3.8, 4) is 0 Å². The van der Waals surface area contributed by atoms with Gasteiger partial charge in [-0.05, 0) is 61.7 Å². The Labute approximate surface area is 199 Å². The zero-order valence-corrected chi connectivity index (χ0v) is 23.0. The number of esters is 1. The van der Waals surface area contributed by atoms with Crippen molar-refractivity contribution >= 4 is 14.3 Å². The first-order valence-corrected chi connectivity index (χ1v) is 15.8. The summed E-state index contributed by atoms with van der Waals surface area (Å²) in [6.07, 6.45) is 23.6. The Hall–Kier alpha value is -1.13. The van der Waals surface area contributed by atoms with E-state index in [9.17, 15) is 4.79 Å². The summed E-state index contributed by atoms with van der Waals surface area (Å²) in [4.78, 5) is 11.5. The standard InChI is InChI=1S/C28H50O3Si/c1-8-9-10-11-12-13-21-27(31-24(2)29)22-17-16-19-25-18-14-15-20-26(25)23-30-32(6,7)28(3,4)5/h14-17,19,22,25-27H,8-13,18,20-21,23H2,1-7H3/b19-16+,22-17+/t25-,26-,27?/m0/s1. The van der Waals surface area contributed by atoms with Crippen molar-refractivity contribution in [3.63, 3.8) is 0 Å². The van der Waals surface area contributed by atoms with E-state index in [4.69, 9.17) is 9.16 Å². The third kappa shape index (κ3) is 11.6. The van der Waals surface area contributed by atoms with E-state index in [1.54, 1.807) is 0 Å². The molecule has 0 aromatic rings. The van der Waals surface area contributed by atoms with Gasteiger partial charge in [0.1, 0.15) is 6.10 Å². The first-order chi connectivity index (χ1) is 15.1. The molecule has 0 heterocycles. The normalized spacial score (nSPS) is 20.8. The number of ether oxygens (including phenoxy) is 1. The minimum absolute atomic E-state index is 0.118. The summed E-state index contributed by atoms with van der Waals surface area (Å²) in [6.45, 7) is 16.1. The topological polar surface area (TPSA) is 35.5 Å². The average molecular weight is 463 g/mol. The van der Waals surface area contributed by atoms with Crippen molar-refractivity contribution in [1.82, 2.24) is 0 Å². The second-order valence-electron chi connectivity index (χ2n) is 10.9. The smallest absolute Gasteiger partial charge is 0.303 e. The highest BCUT2D eigenvalue weighted by Gasteiger charge is 2.38. The molecule has 1 aliphatic carbocycles. The number of carbonyl (C=O) groups is 1. The van der Waals surface area contributed by atoms with Crippen LogP contribution < -0.4 is 0 Å². The van der Waals surface area contributed by atoms with E-state index in [-0.39, 0.29) is 17.1 Å². The molecule has 0 saturated carbocycles. The summed E-state index contributed by atoms with van der Waals surface area (Å²) in [5, 5.41) is 0.243. The lowest BCUT2D eigenvalue weighted by Crippen LogP contribution is -2.42. The molecule has 0 bridgehead atoms. The fourth-order valence-electron chi connectivity index (χ4n) is 3.78. The quantitative estimate of drug-likeness (QED) is 0.0854. The molecule has 1 unspecified atom stereocenters. The molecule has 184 valence electrons. The molecule has 1 aliphatic rings. The molecule has 0 spiro atoms. The van der Waals surface area contributed by atoms with Gasteiger partial charge >= 0.3 is 5.97 Å². The third-order valence-electron chi connectivity index (χ3n) is 7.04. The molecule has 1 rings (SSSR count). The Morgan fingerprint density at radius 2 is 1.72 bits per heavy atom. The summed E-state index contributed by atoms with van der Waals surface area (Å²) >= 11 is 0. The molecule has 32 heavy (non-hydrogen) atoms. The van der Waals surface area contributed by atoms with Crippen molar-refractivity contribution in [3.05, 3.63) is 36.5 Å². The number of allylic oxidation sites excluding steroid dienone is 5. The van der Waals surface area contributed by atoms with E-state index < -0.39 is 8.32 Å². The van der Waals surface area contributed by atoms with Gasteiger partial charge in [0.05, 0.1) is 0 Å². The van der Waals surface area contributed by atoms with Crippen molar-refractivity contribution < 1.29 is 14.0 Å². The van der Waals surface area contributed by atoms with Gasteiger partial charge in [0.15, 0.2) is 8.32 Å². The Morgan fingerprint density at radius 1 is 1.06 bits per heavy atom. The van der Waals surface area contributed by atoms with Crippen LogP contribution in [0.2, 0.25) is 18.1 Å². The third-order valence-corrected chi connectivity index (χ3v) is 11.5. The van der Waals surface area contributed by atoms with Crippen molar-refractivity contribution in [1.29, 1.82) is 0 Å². The maximum absolute atomic E-state index is 11.5. The fraction of sp³-hybridized carbons (Fsp3) is 0.750. The lowest BCUT2D eigenvalue weighted by molar-refractivity contribution is -0.144. The van der Waals surface area contributed by atoms with Crippen LogP contribution in [0.5, 0.6) is 0 Å². The van der Waals surface area contributed by atoms with Gasteiger partial charge in [-0.1, -0.05) is 90.2 Å². The molecule has 0 saturated heterocycles. The molecule has 3 nitrogen and oxygen atoms in total. The SMILES string of the molecule is CCCCCCCCC(/C=C/C=C/[C@@H]1CC=CC[C@H]1CO[Si](C)(C)C(C)(C)C)OC(C)=O. The molecular formula is C28H50O3Si. The first kappa shape index (κ1) is 28.9. The average Bonchev–Trinajstić information content (AvgIpc) is 2.71. The molecule has 0 radical (unpaired) electrons. The summed E-state index contributed by atoms with van der Waals surface area (Å²) in [5.41, 5.74) is 0. The zero-order valence-electron chi connectivity index (χ0n) is 22.0. The van der Waals surface area contributed by atoms with E-state index in [1.807, 2.05) is 6.08 Å². The van der Waals surface area contributed by atoms with Crippen LogP contribution in [0.4, 0.5) is 0 Å². The van der Waals surface area contributed by atoms with E-state index in [0.717, 1.165) is 32.3 Å². The first-order valence-electron chi connectivity index (χ1n) is 12.9. The van der Waals surface area contributed by atoms with E-state index >= 15 is 0 Å². The number of hydrogen-bond acceptors (Lipinski definition) is 3. The van der Waals surface area contributed by atoms with Gasteiger partial charge in [0, 0.05) is 13.5 Å². The second kappa shape index (κ2) is 14.9. The Bertz CT molecular complexity index is 613. The van der Waals surface area contributed by atoms with Crippen LogP contribution in [0.25, 0.3) is 0 Å². The highest BCUT2D eigenvalue weighted by atomic mass is 28.4. The van der Waals surface area contributed by atoms with Gasteiger partial charge in [-0.25, -0.2) is 0 Å². The van der Waals surface area contributed by atoms with Crippen molar-refractivity contribution in [2.75, 3.05) is 6.61 Å². The molecule has 0 aromatic carbocycles. The highest BCUT2D eigenvalue weighted by molar-refractivity contribution is 6.74. The van der Waals surface area contributed by atoms with Crippen molar-refractivity contribution in [2.45, 2.75) is 117 Å². The predicted molar refractivity (Wildman–Crippen MR) is 140 cm³/mol. The van der Waals surface area contributed by atoms with E-state index in [0.29, 0.717) is 11.8 Å². The minimum Gasteiger partial charge on any atom is -0.458 e. The van der Waals surface area contributed by atoms with Gasteiger partial charge < -0.3 is 9.16 Å². The van der Waals surface area contributed by atoms with Gasteiger partial charge in [-0.3, -0.25) is 4.79 Å². The number of rotatable bonds is 14. The van der Waals surface area contributed by atoms with Crippen LogP contribution in [0.1, 0.15) is 92.4 Å². The predicted octanol–water partition coefficient (Wildman–Crippen LogP) is 8.39. The van der Waals surface area contributed by atoms with Crippen molar-refractivity contribution in [2.24, 2.45) is 11.8 Å². The summed E-state index contributed by atoms with van der Waals surface area (Å²) < 4.78 is 12.0. The summed E-state index contributed by atoms with van der Waals surface area (Å²) in [5.74, 6) is 0.834. The number of carbonyl (C=O) groups excluding carboxylic acids is 1. The van der Waals surface area contributed by atoms with Crippen LogP contribution in [0, 0.1) is 11.8 Å². The second-order valence-corrected chi connectivity index (χ2v) is 15.7. The summed E-state index contributed by atoms with van der Waals surface area (Å²) in [7, 11) is -1.72. The fourth-order valence-corrected chi connectivity index (χ4v) is 4.84. The molecule has 0 N–H and O–H groups in total. The van der Waals surface area contributed by atoms with E-state index in [1.165, 1.54) is 39.0 Å². The van der Waals surface area contributed by atoms with Crippen LogP contribution >= 0.6 is 0 Å². The molecule has 0 aliphatic heterocycles. The summed E-state index contributed by atoms with van der Waals surface area (Å²) in [6, 6.07) is 0. The number of unbranched alkanes of at least 4 members (excludes halogenated alkanes) is 5. The Kier molecular flexibility index (Phi) is 13.5. The van der Waals surface area contributed by atoms with Gasteiger partial charge in [0.2, 0.25) is 0 Å². The van der Waals surface area contributed by atoms with Gasteiger partial charge in [-0.15, -0.1) is 0 Å². The molecular weight excluding hydrogens is 412 g/mol. The minimum atomic E-state index is -1.72. The maximum Gasteiger partial charge on any atom is 0.303 e. The molecule has 4 heteroatoms. The van der Waals surface area contributed by atoms with Crippen LogP contribution in [-0.2, 0) is 14.0 Å². The molecule has 0 aromatic heterocycles. The number of hydrogen-bond donors (Lipinski definition) is 0. The van der Waals surface area contributed by atoms with Crippen LogP contribution in [-0.4, -0.2) is 27.0 Å². The van der Waals surface area contributed by atoms with Gasteiger partial charge in [-0.2, -0.15) is 0 Å². The van der Waals surface area contributed by atoms with Gasteiger partial charge in [0.25, 0.3) is 0 Å². The van der Waals surface area contributed by atoms with Crippen LogP contribution in [0.3, 0.4) is 0 Å². The molecule has 0 amide bonds. The maximum atomic E-state index is 11.5. The molecule has 0 fully saturated rings. The highest BCUT2D eigenvalue weighted by Crippen LogP contribution is 2.38. The van der Waals surface area contributed by atoms with Crippen LogP contribution in [0.15, 0.2) is 36.5 Å². The van der Waals surface area contributed by atoms with E-state index in [2.05, 4.69) is 71.2 Å².